The van der Waals surface area contributed by atoms with Crippen LogP contribution in [0.15, 0.2) is 30.7 Å². The quantitative estimate of drug-likeness (QED) is 0.804. The minimum atomic E-state index is -0.541. The molecule has 6 nitrogen and oxygen atoms in total. The SMILES string of the molecule is COC(=O)c1cnc(Cc2cccnc2)nc1N. The fourth-order valence-corrected chi connectivity index (χ4v) is 1.47. The van der Waals surface area contributed by atoms with Crippen molar-refractivity contribution in [3.05, 3.63) is 47.7 Å². The van der Waals surface area contributed by atoms with E-state index in [-0.39, 0.29) is 11.4 Å². The molecule has 0 aromatic carbocycles. The van der Waals surface area contributed by atoms with Crippen LogP contribution in [0.1, 0.15) is 21.7 Å². The van der Waals surface area contributed by atoms with Crippen molar-refractivity contribution in [2.24, 2.45) is 0 Å². The van der Waals surface area contributed by atoms with Gasteiger partial charge < -0.3 is 10.5 Å². The number of carbonyl (C=O) groups is 1. The summed E-state index contributed by atoms with van der Waals surface area (Å²) in [4.78, 5) is 23.5. The number of ether oxygens (including phenoxy) is 1. The number of carbonyl (C=O) groups excluding carboxylic acids is 1. The predicted octanol–water partition coefficient (Wildman–Crippen LogP) is 0.831. The molecule has 2 heterocycles. The summed E-state index contributed by atoms with van der Waals surface area (Å²) in [5, 5.41) is 0. The van der Waals surface area contributed by atoms with Gasteiger partial charge in [-0.2, -0.15) is 0 Å². The van der Waals surface area contributed by atoms with E-state index in [0.29, 0.717) is 12.2 Å². The molecule has 0 bridgehead atoms. The lowest BCUT2D eigenvalue weighted by molar-refractivity contribution is 0.0601. The lowest BCUT2D eigenvalue weighted by Crippen LogP contribution is -2.10. The fraction of sp³-hybridized carbons (Fsp3) is 0.167. The summed E-state index contributed by atoms with van der Waals surface area (Å²) in [5.41, 5.74) is 6.83. The van der Waals surface area contributed by atoms with Crippen LogP contribution < -0.4 is 5.73 Å². The first kappa shape index (κ1) is 12.0. The van der Waals surface area contributed by atoms with E-state index in [9.17, 15) is 4.79 Å². The summed E-state index contributed by atoms with van der Waals surface area (Å²) in [6.45, 7) is 0. The Hall–Kier alpha value is -2.50. The second kappa shape index (κ2) is 5.22. The highest BCUT2D eigenvalue weighted by molar-refractivity contribution is 5.93. The highest BCUT2D eigenvalue weighted by atomic mass is 16.5. The lowest BCUT2D eigenvalue weighted by Gasteiger charge is -2.05. The lowest BCUT2D eigenvalue weighted by atomic mass is 10.2. The van der Waals surface area contributed by atoms with E-state index in [0.717, 1.165) is 5.56 Å². The number of rotatable bonds is 3. The zero-order chi connectivity index (χ0) is 13.0. The van der Waals surface area contributed by atoms with Crippen molar-refractivity contribution < 1.29 is 9.53 Å². The number of hydrogen-bond acceptors (Lipinski definition) is 6. The van der Waals surface area contributed by atoms with E-state index < -0.39 is 5.97 Å². The molecule has 0 amide bonds. The number of pyridine rings is 1. The fourth-order valence-electron chi connectivity index (χ4n) is 1.47. The second-order valence-corrected chi connectivity index (χ2v) is 3.61. The first-order chi connectivity index (χ1) is 8.70. The molecule has 0 saturated heterocycles. The third-order valence-corrected chi connectivity index (χ3v) is 2.36. The van der Waals surface area contributed by atoms with Crippen molar-refractivity contribution in [3.8, 4) is 0 Å². The molecule has 0 aliphatic heterocycles. The molecular weight excluding hydrogens is 232 g/mol. The minimum absolute atomic E-state index is 0.121. The summed E-state index contributed by atoms with van der Waals surface area (Å²) in [7, 11) is 1.28. The standard InChI is InChI=1S/C12H12N4O2/c1-18-12(17)9-7-15-10(16-11(9)13)5-8-3-2-4-14-6-8/h2-4,6-7H,5H2,1H3,(H2,13,15,16). The monoisotopic (exact) mass is 244 g/mol. The van der Waals surface area contributed by atoms with Gasteiger partial charge in [0.05, 0.1) is 7.11 Å². The first-order valence-electron chi connectivity index (χ1n) is 5.29. The normalized spacial score (nSPS) is 10.1. The summed E-state index contributed by atoms with van der Waals surface area (Å²) < 4.78 is 4.57. The molecule has 0 unspecified atom stereocenters. The van der Waals surface area contributed by atoms with Crippen molar-refractivity contribution in [1.29, 1.82) is 0 Å². The molecule has 6 heteroatoms. The van der Waals surface area contributed by atoms with Gasteiger partial charge in [-0.25, -0.2) is 14.8 Å². The van der Waals surface area contributed by atoms with Crippen molar-refractivity contribution in [2.45, 2.75) is 6.42 Å². The van der Waals surface area contributed by atoms with Gasteiger partial charge in [-0.15, -0.1) is 0 Å². The van der Waals surface area contributed by atoms with Crippen LogP contribution in [-0.4, -0.2) is 28.0 Å². The molecule has 0 aliphatic rings. The summed E-state index contributed by atoms with van der Waals surface area (Å²) >= 11 is 0. The van der Waals surface area contributed by atoms with E-state index in [1.165, 1.54) is 13.3 Å². The van der Waals surface area contributed by atoms with E-state index in [2.05, 4.69) is 19.7 Å². The molecule has 2 N–H and O–H groups in total. The van der Waals surface area contributed by atoms with Crippen LogP contribution in [0.4, 0.5) is 5.82 Å². The topological polar surface area (TPSA) is 91.0 Å². The van der Waals surface area contributed by atoms with Gasteiger partial charge in [0.15, 0.2) is 0 Å². The molecule has 2 aromatic rings. The van der Waals surface area contributed by atoms with Crippen molar-refractivity contribution in [2.75, 3.05) is 12.8 Å². The van der Waals surface area contributed by atoms with Crippen molar-refractivity contribution in [1.82, 2.24) is 15.0 Å². The minimum Gasteiger partial charge on any atom is -0.465 e. The molecule has 0 atom stereocenters. The Bertz CT molecular complexity index is 557. The average Bonchev–Trinajstić information content (AvgIpc) is 2.39. The molecule has 0 spiro atoms. The maximum absolute atomic E-state index is 11.3. The number of aromatic nitrogens is 3. The first-order valence-corrected chi connectivity index (χ1v) is 5.29. The third kappa shape index (κ3) is 2.60. The summed E-state index contributed by atoms with van der Waals surface area (Å²) in [6.07, 6.45) is 5.31. The number of methoxy groups -OCH3 is 1. The van der Waals surface area contributed by atoms with Crippen LogP contribution in [0.2, 0.25) is 0 Å². The number of hydrogen-bond donors (Lipinski definition) is 1. The predicted molar refractivity (Wildman–Crippen MR) is 64.8 cm³/mol. The summed E-state index contributed by atoms with van der Waals surface area (Å²) in [5.74, 6) is 0.115. The Kier molecular flexibility index (Phi) is 3.47. The van der Waals surface area contributed by atoms with Gasteiger partial charge in [-0.1, -0.05) is 6.07 Å². The van der Waals surface area contributed by atoms with Crippen LogP contribution in [0.3, 0.4) is 0 Å². The number of anilines is 1. The smallest absolute Gasteiger partial charge is 0.343 e. The molecule has 0 radical (unpaired) electrons. The van der Waals surface area contributed by atoms with E-state index >= 15 is 0 Å². The number of nitrogens with two attached hydrogens (primary N) is 1. The Morgan fingerprint density at radius 2 is 2.28 bits per heavy atom. The molecule has 2 aromatic heterocycles. The molecule has 2 rings (SSSR count). The zero-order valence-electron chi connectivity index (χ0n) is 9.83. The second-order valence-electron chi connectivity index (χ2n) is 3.61. The van der Waals surface area contributed by atoms with E-state index in [1.54, 1.807) is 12.4 Å². The maximum Gasteiger partial charge on any atom is 0.343 e. The summed E-state index contributed by atoms with van der Waals surface area (Å²) in [6, 6.07) is 3.75. The van der Waals surface area contributed by atoms with Crippen molar-refractivity contribution in [3.63, 3.8) is 0 Å². The van der Waals surface area contributed by atoms with Gasteiger partial charge in [0.2, 0.25) is 0 Å². The van der Waals surface area contributed by atoms with Crippen LogP contribution in [-0.2, 0) is 11.2 Å². The van der Waals surface area contributed by atoms with Gasteiger partial charge in [-0.05, 0) is 11.6 Å². The maximum atomic E-state index is 11.3. The van der Waals surface area contributed by atoms with Gasteiger partial charge in [0.25, 0.3) is 0 Å². The number of esters is 1. The highest BCUT2D eigenvalue weighted by Crippen LogP contribution is 2.11. The zero-order valence-corrected chi connectivity index (χ0v) is 9.83. The van der Waals surface area contributed by atoms with Crippen LogP contribution in [0, 0.1) is 0 Å². The third-order valence-electron chi connectivity index (χ3n) is 2.36. The van der Waals surface area contributed by atoms with Crippen LogP contribution >= 0.6 is 0 Å². The van der Waals surface area contributed by atoms with Gasteiger partial charge >= 0.3 is 5.97 Å². The molecule has 0 aliphatic carbocycles. The number of nitrogen functional groups attached to an aromatic ring is 1. The highest BCUT2D eigenvalue weighted by Gasteiger charge is 2.12. The molecular formula is C12H12N4O2. The molecule has 0 fully saturated rings. The largest absolute Gasteiger partial charge is 0.465 e. The van der Waals surface area contributed by atoms with Crippen molar-refractivity contribution >= 4 is 11.8 Å². The Balaban J connectivity index is 2.22. The molecule has 92 valence electrons. The molecule has 18 heavy (non-hydrogen) atoms. The van der Waals surface area contributed by atoms with Gasteiger partial charge in [0, 0.05) is 25.0 Å². The van der Waals surface area contributed by atoms with Gasteiger partial charge in [-0.3, -0.25) is 4.98 Å². The van der Waals surface area contributed by atoms with E-state index in [4.69, 9.17) is 5.73 Å². The number of nitrogens with zero attached hydrogens (tertiary/aromatic N) is 3. The van der Waals surface area contributed by atoms with Gasteiger partial charge in [0.1, 0.15) is 17.2 Å². The average molecular weight is 244 g/mol. The Morgan fingerprint density at radius 1 is 1.44 bits per heavy atom. The Labute approximate surface area is 104 Å². The van der Waals surface area contributed by atoms with E-state index in [1.807, 2.05) is 12.1 Å². The molecule has 0 saturated carbocycles. The van der Waals surface area contributed by atoms with Crippen LogP contribution in [0.25, 0.3) is 0 Å². The Morgan fingerprint density at radius 3 is 2.89 bits per heavy atom. The van der Waals surface area contributed by atoms with Crippen LogP contribution in [0.5, 0.6) is 0 Å².